The van der Waals surface area contributed by atoms with Crippen molar-refractivity contribution in [2.24, 2.45) is 5.92 Å². The van der Waals surface area contributed by atoms with Gasteiger partial charge in [0.15, 0.2) is 0 Å². The molecule has 1 unspecified atom stereocenters. The number of halogens is 2. The van der Waals surface area contributed by atoms with Crippen LogP contribution >= 0.6 is 24.0 Å². The minimum Gasteiger partial charge on any atom is -0.316 e. The molecule has 1 N–H and O–H groups in total. The number of alkyl halides is 1. The molecular formula is C6H13Cl2N. The van der Waals surface area contributed by atoms with Gasteiger partial charge in [0.2, 0.25) is 0 Å². The first-order valence-corrected chi connectivity index (χ1v) is 3.73. The molecule has 3 heteroatoms. The minimum atomic E-state index is 0. The van der Waals surface area contributed by atoms with E-state index < -0.39 is 0 Å². The van der Waals surface area contributed by atoms with Crippen molar-refractivity contribution < 1.29 is 0 Å². The zero-order valence-corrected chi connectivity index (χ0v) is 6.97. The first-order chi connectivity index (χ1) is 3.93. The van der Waals surface area contributed by atoms with Crippen molar-refractivity contribution in [3.05, 3.63) is 0 Å². The smallest absolute Gasteiger partial charge is 0.0263 e. The van der Waals surface area contributed by atoms with Crippen LogP contribution < -0.4 is 5.32 Å². The molecule has 0 amide bonds. The maximum atomic E-state index is 5.64. The first-order valence-electron chi connectivity index (χ1n) is 3.20. The van der Waals surface area contributed by atoms with Gasteiger partial charge in [-0.15, -0.1) is 24.0 Å². The Hall–Kier alpha value is 0.540. The predicted molar refractivity (Wildman–Crippen MR) is 43.6 cm³/mol. The largest absolute Gasteiger partial charge is 0.316 e. The molecule has 1 saturated heterocycles. The van der Waals surface area contributed by atoms with Crippen molar-refractivity contribution in [2.75, 3.05) is 19.0 Å². The van der Waals surface area contributed by atoms with Gasteiger partial charge in [0.1, 0.15) is 0 Å². The molecule has 0 bridgehead atoms. The van der Waals surface area contributed by atoms with E-state index >= 15 is 0 Å². The Morgan fingerprint density at radius 3 is 2.67 bits per heavy atom. The SMILES string of the molecule is Cl.ClCC1CCCNC1. The van der Waals surface area contributed by atoms with E-state index in [-0.39, 0.29) is 12.4 Å². The quantitative estimate of drug-likeness (QED) is 0.590. The second kappa shape index (κ2) is 5.33. The van der Waals surface area contributed by atoms with Crippen LogP contribution in [0.2, 0.25) is 0 Å². The highest BCUT2D eigenvalue weighted by molar-refractivity contribution is 6.18. The van der Waals surface area contributed by atoms with Gasteiger partial charge in [0.05, 0.1) is 0 Å². The molecule has 0 aliphatic carbocycles. The molecule has 1 aliphatic rings. The lowest BCUT2D eigenvalue weighted by atomic mass is 10.0. The molecular weight excluding hydrogens is 157 g/mol. The van der Waals surface area contributed by atoms with Crippen LogP contribution in [0.5, 0.6) is 0 Å². The van der Waals surface area contributed by atoms with Crippen LogP contribution in [0.4, 0.5) is 0 Å². The maximum absolute atomic E-state index is 5.64. The average Bonchev–Trinajstić information content (AvgIpc) is 1.90. The zero-order chi connectivity index (χ0) is 5.82. The summed E-state index contributed by atoms with van der Waals surface area (Å²) in [6, 6.07) is 0. The lowest BCUT2D eigenvalue weighted by Crippen LogP contribution is -2.30. The van der Waals surface area contributed by atoms with Crippen LogP contribution in [0.25, 0.3) is 0 Å². The van der Waals surface area contributed by atoms with Gasteiger partial charge in [-0.3, -0.25) is 0 Å². The van der Waals surface area contributed by atoms with Gasteiger partial charge >= 0.3 is 0 Å². The van der Waals surface area contributed by atoms with Crippen LogP contribution in [-0.2, 0) is 0 Å². The molecule has 1 fully saturated rings. The Morgan fingerprint density at radius 1 is 1.56 bits per heavy atom. The summed E-state index contributed by atoms with van der Waals surface area (Å²) in [4.78, 5) is 0. The van der Waals surface area contributed by atoms with E-state index in [1.165, 1.54) is 19.4 Å². The van der Waals surface area contributed by atoms with Crippen molar-refractivity contribution in [1.29, 1.82) is 0 Å². The fraction of sp³-hybridized carbons (Fsp3) is 1.00. The average molecular weight is 170 g/mol. The maximum Gasteiger partial charge on any atom is 0.0263 e. The van der Waals surface area contributed by atoms with Crippen LogP contribution in [0.15, 0.2) is 0 Å². The van der Waals surface area contributed by atoms with Crippen molar-refractivity contribution in [1.82, 2.24) is 5.32 Å². The third-order valence-electron chi connectivity index (χ3n) is 1.62. The lowest BCUT2D eigenvalue weighted by molar-refractivity contribution is 0.408. The Bertz CT molecular complexity index is 62.1. The monoisotopic (exact) mass is 169 g/mol. The Morgan fingerprint density at radius 2 is 2.33 bits per heavy atom. The zero-order valence-electron chi connectivity index (χ0n) is 5.40. The number of hydrogen-bond donors (Lipinski definition) is 1. The van der Waals surface area contributed by atoms with Crippen LogP contribution in [0, 0.1) is 5.92 Å². The van der Waals surface area contributed by atoms with Crippen molar-refractivity contribution >= 4 is 24.0 Å². The molecule has 0 aromatic carbocycles. The topological polar surface area (TPSA) is 12.0 Å². The van der Waals surface area contributed by atoms with Gasteiger partial charge in [-0.2, -0.15) is 0 Å². The first kappa shape index (κ1) is 9.54. The van der Waals surface area contributed by atoms with Gasteiger partial charge in [0, 0.05) is 5.88 Å². The molecule has 0 radical (unpaired) electrons. The number of piperidine rings is 1. The third-order valence-corrected chi connectivity index (χ3v) is 2.05. The van der Waals surface area contributed by atoms with Crippen LogP contribution in [0.3, 0.4) is 0 Å². The van der Waals surface area contributed by atoms with Gasteiger partial charge in [-0.25, -0.2) is 0 Å². The van der Waals surface area contributed by atoms with E-state index in [0.717, 1.165) is 18.3 Å². The minimum absolute atomic E-state index is 0. The summed E-state index contributed by atoms with van der Waals surface area (Å²) in [7, 11) is 0. The molecule has 9 heavy (non-hydrogen) atoms. The van der Waals surface area contributed by atoms with E-state index in [1.54, 1.807) is 0 Å². The number of rotatable bonds is 1. The lowest BCUT2D eigenvalue weighted by Gasteiger charge is -2.19. The summed E-state index contributed by atoms with van der Waals surface area (Å²) < 4.78 is 0. The summed E-state index contributed by atoms with van der Waals surface area (Å²) in [5, 5.41) is 3.30. The van der Waals surface area contributed by atoms with Crippen molar-refractivity contribution in [2.45, 2.75) is 12.8 Å². The summed E-state index contributed by atoms with van der Waals surface area (Å²) >= 11 is 5.64. The third kappa shape index (κ3) is 3.29. The number of hydrogen-bond acceptors (Lipinski definition) is 1. The fourth-order valence-corrected chi connectivity index (χ4v) is 1.32. The van der Waals surface area contributed by atoms with Crippen LogP contribution in [-0.4, -0.2) is 19.0 Å². The Labute approximate surface area is 67.6 Å². The molecule has 1 rings (SSSR count). The second-order valence-electron chi connectivity index (χ2n) is 2.37. The highest BCUT2D eigenvalue weighted by Crippen LogP contribution is 2.10. The molecule has 56 valence electrons. The number of nitrogens with one attached hydrogen (secondary N) is 1. The Balaban J connectivity index is 0.000000640. The molecule has 0 spiro atoms. The molecule has 0 aromatic rings. The van der Waals surface area contributed by atoms with Gasteiger partial charge in [0.25, 0.3) is 0 Å². The van der Waals surface area contributed by atoms with E-state index in [1.807, 2.05) is 0 Å². The summed E-state index contributed by atoms with van der Waals surface area (Å²) in [6.45, 7) is 2.32. The molecule has 1 nitrogen and oxygen atoms in total. The van der Waals surface area contributed by atoms with Crippen molar-refractivity contribution in [3.8, 4) is 0 Å². The van der Waals surface area contributed by atoms with Gasteiger partial charge < -0.3 is 5.32 Å². The highest BCUT2D eigenvalue weighted by atomic mass is 35.5. The van der Waals surface area contributed by atoms with E-state index in [4.69, 9.17) is 11.6 Å². The molecule has 1 atom stereocenters. The second-order valence-corrected chi connectivity index (χ2v) is 2.68. The molecule has 1 aliphatic heterocycles. The normalized spacial score (nSPS) is 27.0. The molecule has 0 saturated carbocycles. The summed E-state index contributed by atoms with van der Waals surface area (Å²) in [5.74, 6) is 1.57. The standard InChI is InChI=1S/C6H12ClN.ClH/c7-4-6-2-1-3-8-5-6;/h6,8H,1-5H2;1H. The predicted octanol–water partition coefficient (Wildman–Crippen LogP) is 1.65. The molecule has 1 heterocycles. The fourth-order valence-electron chi connectivity index (χ4n) is 1.06. The van der Waals surface area contributed by atoms with Gasteiger partial charge in [-0.05, 0) is 31.8 Å². The summed E-state index contributed by atoms with van der Waals surface area (Å²) in [6.07, 6.45) is 2.62. The van der Waals surface area contributed by atoms with Crippen molar-refractivity contribution in [3.63, 3.8) is 0 Å². The van der Waals surface area contributed by atoms with E-state index in [9.17, 15) is 0 Å². The summed E-state index contributed by atoms with van der Waals surface area (Å²) in [5.41, 5.74) is 0. The van der Waals surface area contributed by atoms with E-state index in [0.29, 0.717) is 0 Å². The Kier molecular flexibility index (Phi) is 5.65. The highest BCUT2D eigenvalue weighted by Gasteiger charge is 2.09. The molecule has 0 aromatic heterocycles. The van der Waals surface area contributed by atoms with Crippen LogP contribution in [0.1, 0.15) is 12.8 Å². The van der Waals surface area contributed by atoms with Gasteiger partial charge in [-0.1, -0.05) is 0 Å². The van der Waals surface area contributed by atoms with E-state index in [2.05, 4.69) is 5.32 Å².